The first kappa shape index (κ1) is 13.7. The number of nitrogens with zero attached hydrogens (tertiary/aromatic N) is 1. The van der Waals surface area contributed by atoms with E-state index in [0.717, 1.165) is 18.2 Å². The van der Waals surface area contributed by atoms with E-state index in [1.54, 1.807) is 6.92 Å². The normalized spacial score (nSPS) is 22.5. The molecule has 1 heterocycles. The zero-order valence-corrected chi connectivity index (χ0v) is 10.9. The topological polar surface area (TPSA) is 77.8 Å². The number of carboxylic acid groups (broad SMARTS) is 1. The molecule has 0 spiro atoms. The predicted octanol–water partition coefficient (Wildman–Crippen LogP) is 1.52. The Hall–Kier alpha value is -1.76. The lowest BCUT2D eigenvalue weighted by molar-refractivity contribution is -0.141. The van der Waals surface area contributed by atoms with Gasteiger partial charge in [0.2, 0.25) is 0 Å². The largest absolute Gasteiger partial charge is 0.507 e. The van der Waals surface area contributed by atoms with Crippen LogP contribution >= 0.6 is 11.8 Å². The number of hydrogen-bond donors (Lipinski definition) is 2. The molecule has 0 aliphatic carbocycles. The Morgan fingerprint density at radius 3 is 2.74 bits per heavy atom. The molecular formula is C12H12FNO4S. The molecule has 1 saturated heterocycles. The van der Waals surface area contributed by atoms with E-state index >= 15 is 0 Å². The van der Waals surface area contributed by atoms with Gasteiger partial charge in [0.05, 0.1) is 10.9 Å². The number of carbonyl (C=O) groups is 2. The van der Waals surface area contributed by atoms with Crippen LogP contribution < -0.4 is 0 Å². The molecule has 2 unspecified atom stereocenters. The Labute approximate surface area is 113 Å². The van der Waals surface area contributed by atoms with E-state index in [1.807, 2.05) is 0 Å². The van der Waals surface area contributed by atoms with Crippen molar-refractivity contribution >= 4 is 23.6 Å². The maximum Gasteiger partial charge on any atom is 0.327 e. The summed E-state index contributed by atoms with van der Waals surface area (Å²) in [5, 5.41) is 18.4. The fourth-order valence-corrected chi connectivity index (χ4v) is 3.13. The standard InChI is InChI=1S/C12H12FNO4S/c1-6-14(9(5-19-6)12(17)18)11(16)8-3-2-7(13)4-10(8)15/h2-4,6,9,15H,5H2,1H3,(H,17,18). The van der Waals surface area contributed by atoms with Gasteiger partial charge in [-0.25, -0.2) is 9.18 Å². The molecule has 0 radical (unpaired) electrons. The molecule has 2 atom stereocenters. The van der Waals surface area contributed by atoms with Crippen LogP contribution in [0.5, 0.6) is 5.75 Å². The van der Waals surface area contributed by atoms with Gasteiger partial charge in [-0.15, -0.1) is 11.8 Å². The van der Waals surface area contributed by atoms with Crippen LogP contribution in [0.4, 0.5) is 4.39 Å². The SMILES string of the molecule is CC1SCC(C(=O)O)N1C(=O)c1ccc(F)cc1O. The predicted molar refractivity (Wildman–Crippen MR) is 67.6 cm³/mol. The molecule has 102 valence electrons. The summed E-state index contributed by atoms with van der Waals surface area (Å²) in [6.07, 6.45) is 0. The van der Waals surface area contributed by atoms with E-state index in [-0.39, 0.29) is 10.9 Å². The molecule has 0 bridgehead atoms. The first-order valence-electron chi connectivity index (χ1n) is 5.57. The monoisotopic (exact) mass is 285 g/mol. The van der Waals surface area contributed by atoms with Gasteiger partial charge in [0.25, 0.3) is 5.91 Å². The van der Waals surface area contributed by atoms with Gasteiger partial charge in [0, 0.05) is 11.8 Å². The first-order chi connectivity index (χ1) is 8.91. The smallest absolute Gasteiger partial charge is 0.327 e. The van der Waals surface area contributed by atoms with E-state index in [1.165, 1.54) is 16.7 Å². The number of benzene rings is 1. The summed E-state index contributed by atoms with van der Waals surface area (Å²) >= 11 is 1.34. The Morgan fingerprint density at radius 1 is 1.47 bits per heavy atom. The van der Waals surface area contributed by atoms with Gasteiger partial charge in [-0.1, -0.05) is 0 Å². The van der Waals surface area contributed by atoms with Crippen molar-refractivity contribution in [3.8, 4) is 5.75 Å². The minimum atomic E-state index is -1.09. The van der Waals surface area contributed by atoms with Gasteiger partial charge >= 0.3 is 5.97 Å². The Morgan fingerprint density at radius 2 is 2.16 bits per heavy atom. The van der Waals surface area contributed by atoms with E-state index < -0.39 is 29.5 Å². The fraction of sp³-hybridized carbons (Fsp3) is 0.333. The summed E-state index contributed by atoms with van der Waals surface area (Å²) in [5.74, 6) is -2.55. The summed E-state index contributed by atoms with van der Waals surface area (Å²) in [4.78, 5) is 24.6. The van der Waals surface area contributed by atoms with Crippen LogP contribution in [0.15, 0.2) is 18.2 Å². The lowest BCUT2D eigenvalue weighted by Gasteiger charge is -2.25. The van der Waals surface area contributed by atoms with Crippen LogP contribution in [-0.4, -0.2) is 44.2 Å². The third-order valence-corrected chi connectivity index (χ3v) is 4.15. The molecule has 2 rings (SSSR count). The molecule has 1 fully saturated rings. The van der Waals surface area contributed by atoms with Crippen molar-refractivity contribution in [2.24, 2.45) is 0 Å². The van der Waals surface area contributed by atoms with E-state index in [4.69, 9.17) is 5.11 Å². The molecule has 0 aromatic heterocycles. The molecular weight excluding hydrogens is 273 g/mol. The first-order valence-corrected chi connectivity index (χ1v) is 6.62. The van der Waals surface area contributed by atoms with Gasteiger partial charge in [-0.2, -0.15) is 0 Å². The van der Waals surface area contributed by atoms with Crippen molar-refractivity contribution in [3.63, 3.8) is 0 Å². The minimum absolute atomic E-state index is 0.0954. The number of carboxylic acids is 1. The van der Waals surface area contributed by atoms with Crippen LogP contribution in [-0.2, 0) is 4.79 Å². The van der Waals surface area contributed by atoms with Crippen molar-refractivity contribution in [1.29, 1.82) is 0 Å². The van der Waals surface area contributed by atoms with Gasteiger partial charge < -0.3 is 15.1 Å². The number of phenolic OH excluding ortho intramolecular Hbond substituents is 1. The number of aromatic hydroxyl groups is 1. The third kappa shape index (κ3) is 2.51. The maximum atomic E-state index is 12.9. The van der Waals surface area contributed by atoms with Crippen LogP contribution in [0.2, 0.25) is 0 Å². The zero-order chi connectivity index (χ0) is 14.2. The summed E-state index contributed by atoms with van der Waals surface area (Å²) in [7, 11) is 0. The Balaban J connectivity index is 2.34. The Bertz CT molecular complexity index is 536. The van der Waals surface area contributed by atoms with Crippen molar-refractivity contribution in [2.45, 2.75) is 18.3 Å². The molecule has 19 heavy (non-hydrogen) atoms. The second-order valence-electron chi connectivity index (χ2n) is 4.16. The maximum absolute atomic E-state index is 12.9. The van der Waals surface area contributed by atoms with Gasteiger partial charge in [-0.05, 0) is 19.1 Å². The molecule has 0 saturated carbocycles. The van der Waals surface area contributed by atoms with E-state index in [2.05, 4.69) is 0 Å². The van der Waals surface area contributed by atoms with Crippen molar-refractivity contribution < 1.29 is 24.2 Å². The van der Waals surface area contributed by atoms with Gasteiger partial charge in [0.1, 0.15) is 17.6 Å². The minimum Gasteiger partial charge on any atom is -0.507 e. The van der Waals surface area contributed by atoms with Crippen molar-refractivity contribution in [1.82, 2.24) is 4.90 Å². The van der Waals surface area contributed by atoms with Crippen LogP contribution in [0.25, 0.3) is 0 Å². The van der Waals surface area contributed by atoms with Gasteiger partial charge in [0.15, 0.2) is 0 Å². The molecule has 1 aromatic carbocycles. The van der Waals surface area contributed by atoms with Gasteiger partial charge in [-0.3, -0.25) is 4.79 Å². The van der Waals surface area contributed by atoms with Crippen LogP contribution in [0, 0.1) is 5.82 Å². The Kier molecular flexibility index (Phi) is 3.66. The highest BCUT2D eigenvalue weighted by atomic mass is 32.2. The molecule has 1 aromatic rings. The number of rotatable bonds is 2. The van der Waals surface area contributed by atoms with Crippen molar-refractivity contribution in [3.05, 3.63) is 29.6 Å². The quantitative estimate of drug-likeness (QED) is 0.861. The van der Waals surface area contributed by atoms with E-state index in [0.29, 0.717) is 5.75 Å². The fourth-order valence-electron chi connectivity index (χ4n) is 1.97. The lowest BCUT2D eigenvalue weighted by Crippen LogP contribution is -2.44. The average Bonchev–Trinajstić information content (AvgIpc) is 2.70. The number of hydrogen-bond acceptors (Lipinski definition) is 4. The third-order valence-electron chi connectivity index (χ3n) is 2.93. The zero-order valence-electron chi connectivity index (χ0n) is 10.0. The average molecular weight is 285 g/mol. The molecule has 1 aliphatic heterocycles. The highest BCUT2D eigenvalue weighted by Gasteiger charge is 2.40. The highest BCUT2D eigenvalue weighted by molar-refractivity contribution is 8.00. The summed E-state index contributed by atoms with van der Waals surface area (Å²) in [6.45, 7) is 1.71. The van der Waals surface area contributed by atoms with Crippen LogP contribution in [0.3, 0.4) is 0 Å². The van der Waals surface area contributed by atoms with Crippen molar-refractivity contribution in [2.75, 3.05) is 5.75 Å². The lowest BCUT2D eigenvalue weighted by atomic mass is 10.1. The second-order valence-corrected chi connectivity index (χ2v) is 5.51. The number of halogens is 1. The summed E-state index contributed by atoms with van der Waals surface area (Å²) in [6, 6.07) is 2.10. The number of aliphatic carboxylic acids is 1. The van der Waals surface area contributed by atoms with E-state index in [9.17, 15) is 19.1 Å². The molecule has 2 N–H and O–H groups in total. The summed E-state index contributed by atoms with van der Waals surface area (Å²) in [5.41, 5.74) is -0.0954. The summed E-state index contributed by atoms with van der Waals surface area (Å²) < 4.78 is 12.9. The molecule has 1 aliphatic rings. The number of carbonyl (C=O) groups excluding carboxylic acids is 1. The molecule has 1 amide bonds. The molecule has 5 nitrogen and oxygen atoms in total. The number of amides is 1. The van der Waals surface area contributed by atoms with Crippen LogP contribution in [0.1, 0.15) is 17.3 Å². The highest BCUT2D eigenvalue weighted by Crippen LogP contribution is 2.32. The number of thioether (sulfide) groups is 1. The molecule has 7 heteroatoms. The number of phenols is 1. The second kappa shape index (κ2) is 5.08.